The summed E-state index contributed by atoms with van der Waals surface area (Å²) in [6, 6.07) is -3.26. The van der Waals surface area contributed by atoms with Gasteiger partial charge in [0.2, 0.25) is 17.7 Å². The Morgan fingerprint density at radius 1 is 1.19 bits per heavy atom. The quantitative estimate of drug-likeness (QED) is 0.305. The molecule has 0 radical (unpaired) electrons. The molecule has 1 heterocycles. The summed E-state index contributed by atoms with van der Waals surface area (Å²) in [5.41, 5.74) is 5.69. The van der Waals surface area contributed by atoms with Crippen LogP contribution in [0.1, 0.15) is 33.1 Å². The van der Waals surface area contributed by atoms with E-state index in [4.69, 9.17) is 15.9 Å². The fraction of sp³-hybridized carbons (Fsp3) is 0.688. The van der Waals surface area contributed by atoms with Gasteiger partial charge in [-0.2, -0.15) is 0 Å². The van der Waals surface area contributed by atoms with Gasteiger partial charge in [-0.05, 0) is 18.8 Å². The standard InChI is InChI=1S/C16H26N4O7/c1-8(2)13(17)15(25)18-7-11(21)20-5-3-4-10(20)14(24)19-9(16(26)27)6-12(22)23/h8-10,13H,3-7,17H2,1-2H3,(H,18,25)(H,19,24)(H,22,23)(H,26,27). The van der Waals surface area contributed by atoms with Crippen molar-refractivity contribution in [3.05, 3.63) is 0 Å². The molecule has 1 rings (SSSR count). The number of rotatable bonds is 9. The Balaban J connectivity index is 2.67. The van der Waals surface area contributed by atoms with E-state index in [1.807, 2.05) is 0 Å². The summed E-state index contributed by atoms with van der Waals surface area (Å²) < 4.78 is 0. The van der Waals surface area contributed by atoms with Gasteiger partial charge in [-0.15, -0.1) is 0 Å². The van der Waals surface area contributed by atoms with Gasteiger partial charge in [0.05, 0.1) is 19.0 Å². The zero-order chi connectivity index (χ0) is 20.7. The van der Waals surface area contributed by atoms with Gasteiger partial charge in [0, 0.05) is 6.54 Å². The third-order valence-corrected chi connectivity index (χ3v) is 4.30. The number of nitrogens with one attached hydrogen (secondary N) is 2. The Labute approximate surface area is 156 Å². The molecule has 1 fully saturated rings. The number of carbonyl (C=O) groups excluding carboxylic acids is 3. The molecule has 6 N–H and O–H groups in total. The second-order valence-corrected chi connectivity index (χ2v) is 6.73. The number of carboxylic acids is 2. The number of carbonyl (C=O) groups is 5. The first kappa shape index (κ1) is 22.4. The Morgan fingerprint density at radius 2 is 1.81 bits per heavy atom. The number of likely N-dealkylation sites (tertiary alicyclic amines) is 1. The Kier molecular flexibility index (Phi) is 8.16. The van der Waals surface area contributed by atoms with Gasteiger partial charge in [0.1, 0.15) is 12.1 Å². The highest BCUT2D eigenvalue weighted by Gasteiger charge is 2.36. The van der Waals surface area contributed by atoms with Crippen molar-refractivity contribution < 1.29 is 34.2 Å². The average Bonchev–Trinajstić information content (AvgIpc) is 3.07. The molecular formula is C16H26N4O7. The SMILES string of the molecule is CC(C)C(N)C(=O)NCC(=O)N1CCCC1C(=O)NC(CC(=O)O)C(=O)O. The largest absolute Gasteiger partial charge is 0.481 e. The van der Waals surface area contributed by atoms with E-state index in [1.165, 1.54) is 4.90 Å². The van der Waals surface area contributed by atoms with E-state index >= 15 is 0 Å². The molecule has 11 nitrogen and oxygen atoms in total. The lowest BCUT2D eigenvalue weighted by molar-refractivity contribution is -0.148. The molecule has 11 heteroatoms. The number of nitrogens with two attached hydrogens (primary N) is 1. The lowest BCUT2D eigenvalue weighted by Crippen LogP contribution is -2.53. The van der Waals surface area contributed by atoms with Crippen LogP contribution in [0.3, 0.4) is 0 Å². The van der Waals surface area contributed by atoms with Gasteiger partial charge in [0.25, 0.3) is 0 Å². The van der Waals surface area contributed by atoms with Gasteiger partial charge in [0.15, 0.2) is 0 Å². The number of hydrogen-bond donors (Lipinski definition) is 5. The second-order valence-electron chi connectivity index (χ2n) is 6.73. The molecule has 3 amide bonds. The molecule has 3 atom stereocenters. The molecular weight excluding hydrogens is 360 g/mol. The summed E-state index contributed by atoms with van der Waals surface area (Å²) in [7, 11) is 0. The van der Waals surface area contributed by atoms with Crippen molar-refractivity contribution in [1.29, 1.82) is 0 Å². The topological polar surface area (TPSA) is 179 Å². The molecule has 0 aliphatic carbocycles. The lowest BCUT2D eigenvalue weighted by atomic mass is 10.1. The molecule has 27 heavy (non-hydrogen) atoms. The number of amides is 3. The first-order chi connectivity index (χ1) is 12.5. The maximum atomic E-state index is 12.3. The lowest BCUT2D eigenvalue weighted by Gasteiger charge is -2.25. The third kappa shape index (κ3) is 6.51. The summed E-state index contributed by atoms with van der Waals surface area (Å²) in [5, 5.41) is 22.3. The van der Waals surface area contributed by atoms with Crippen LogP contribution in [0.15, 0.2) is 0 Å². The number of nitrogens with zero attached hydrogens (tertiary/aromatic N) is 1. The summed E-state index contributed by atoms with van der Waals surface area (Å²) in [6.45, 7) is 3.48. The fourth-order valence-electron chi connectivity index (χ4n) is 2.67. The molecule has 0 spiro atoms. The molecule has 0 aromatic heterocycles. The van der Waals surface area contributed by atoms with Gasteiger partial charge in [-0.3, -0.25) is 19.2 Å². The molecule has 0 saturated carbocycles. The molecule has 1 aliphatic heterocycles. The Morgan fingerprint density at radius 3 is 2.33 bits per heavy atom. The first-order valence-electron chi connectivity index (χ1n) is 8.62. The summed E-state index contributed by atoms with van der Waals surface area (Å²) in [4.78, 5) is 59.5. The molecule has 152 valence electrons. The van der Waals surface area contributed by atoms with Crippen LogP contribution in [0.5, 0.6) is 0 Å². The minimum atomic E-state index is -1.59. The molecule has 0 aromatic carbocycles. The fourth-order valence-corrected chi connectivity index (χ4v) is 2.67. The highest BCUT2D eigenvalue weighted by atomic mass is 16.4. The average molecular weight is 386 g/mol. The predicted molar refractivity (Wildman–Crippen MR) is 92.4 cm³/mol. The summed E-state index contributed by atoms with van der Waals surface area (Å²) >= 11 is 0. The van der Waals surface area contributed by atoms with E-state index in [0.717, 1.165) is 0 Å². The van der Waals surface area contributed by atoms with Crippen molar-refractivity contribution in [3.8, 4) is 0 Å². The van der Waals surface area contributed by atoms with Crippen molar-refractivity contribution in [2.45, 2.75) is 51.2 Å². The van der Waals surface area contributed by atoms with Crippen molar-refractivity contribution in [1.82, 2.24) is 15.5 Å². The maximum absolute atomic E-state index is 12.3. The highest BCUT2D eigenvalue weighted by Crippen LogP contribution is 2.18. The van der Waals surface area contributed by atoms with Crippen LogP contribution in [0.4, 0.5) is 0 Å². The second kappa shape index (κ2) is 9.86. The van der Waals surface area contributed by atoms with Crippen molar-refractivity contribution in [3.63, 3.8) is 0 Å². The predicted octanol–water partition coefficient (Wildman–Crippen LogP) is -1.88. The number of aliphatic carboxylic acids is 2. The Hall–Kier alpha value is -2.69. The Bertz CT molecular complexity index is 608. The normalized spacial score (nSPS) is 18.7. The van der Waals surface area contributed by atoms with E-state index in [0.29, 0.717) is 12.8 Å². The zero-order valence-corrected chi connectivity index (χ0v) is 15.3. The van der Waals surface area contributed by atoms with Gasteiger partial charge in [-0.25, -0.2) is 4.79 Å². The summed E-state index contributed by atoms with van der Waals surface area (Å²) in [6.07, 6.45) is 0.0707. The van der Waals surface area contributed by atoms with E-state index in [-0.39, 0.29) is 19.0 Å². The van der Waals surface area contributed by atoms with Crippen molar-refractivity contribution in [2.75, 3.05) is 13.1 Å². The smallest absolute Gasteiger partial charge is 0.326 e. The van der Waals surface area contributed by atoms with Crippen LogP contribution in [0.25, 0.3) is 0 Å². The molecule has 3 unspecified atom stereocenters. The zero-order valence-electron chi connectivity index (χ0n) is 15.3. The van der Waals surface area contributed by atoms with Crippen molar-refractivity contribution >= 4 is 29.7 Å². The van der Waals surface area contributed by atoms with E-state index < -0.39 is 54.2 Å². The van der Waals surface area contributed by atoms with Crippen LogP contribution in [0.2, 0.25) is 0 Å². The number of carboxylic acid groups (broad SMARTS) is 2. The van der Waals surface area contributed by atoms with Crippen LogP contribution in [0, 0.1) is 5.92 Å². The maximum Gasteiger partial charge on any atom is 0.326 e. The van der Waals surface area contributed by atoms with Gasteiger partial charge >= 0.3 is 11.9 Å². The van der Waals surface area contributed by atoms with Crippen LogP contribution >= 0.6 is 0 Å². The summed E-state index contributed by atoms with van der Waals surface area (Å²) in [5.74, 6) is -4.66. The van der Waals surface area contributed by atoms with Crippen molar-refractivity contribution in [2.24, 2.45) is 11.7 Å². The molecule has 0 aromatic rings. The molecule has 0 bridgehead atoms. The third-order valence-electron chi connectivity index (χ3n) is 4.30. The van der Waals surface area contributed by atoms with E-state index in [9.17, 15) is 24.0 Å². The molecule has 1 aliphatic rings. The first-order valence-corrected chi connectivity index (χ1v) is 8.62. The van der Waals surface area contributed by atoms with E-state index in [2.05, 4.69) is 10.6 Å². The minimum absolute atomic E-state index is 0.104. The van der Waals surface area contributed by atoms with Crippen LogP contribution < -0.4 is 16.4 Å². The van der Waals surface area contributed by atoms with Crippen LogP contribution in [-0.2, 0) is 24.0 Å². The number of hydrogen-bond acceptors (Lipinski definition) is 6. The monoisotopic (exact) mass is 386 g/mol. The van der Waals surface area contributed by atoms with E-state index in [1.54, 1.807) is 13.8 Å². The highest BCUT2D eigenvalue weighted by molar-refractivity contribution is 5.93. The molecule has 1 saturated heterocycles. The van der Waals surface area contributed by atoms with Gasteiger partial charge in [-0.1, -0.05) is 13.8 Å². The van der Waals surface area contributed by atoms with Crippen LogP contribution in [-0.4, -0.2) is 76.0 Å². The minimum Gasteiger partial charge on any atom is -0.481 e. The van der Waals surface area contributed by atoms with Gasteiger partial charge < -0.3 is 31.5 Å².